The molecule has 1 aliphatic heterocycles. The zero-order valence-electron chi connectivity index (χ0n) is 14.7. The van der Waals surface area contributed by atoms with Crippen LogP contribution in [0.1, 0.15) is 49.3 Å². The first-order valence-corrected chi connectivity index (χ1v) is 9.20. The molecular weight excluding hydrogens is 329 g/mol. The van der Waals surface area contributed by atoms with E-state index in [9.17, 15) is 13.2 Å². The lowest BCUT2D eigenvalue weighted by Gasteiger charge is -2.42. The van der Waals surface area contributed by atoms with Crippen molar-refractivity contribution in [2.75, 3.05) is 33.3 Å². The van der Waals surface area contributed by atoms with Crippen LogP contribution >= 0.6 is 0 Å². The Hall–Kier alpha value is -1.27. The Labute approximate surface area is 147 Å². The summed E-state index contributed by atoms with van der Waals surface area (Å²) in [5.74, 6) is 0.556. The van der Waals surface area contributed by atoms with Gasteiger partial charge < -0.3 is 10.1 Å². The summed E-state index contributed by atoms with van der Waals surface area (Å²) < 4.78 is 46.4. The summed E-state index contributed by atoms with van der Waals surface area (Å²) >= 11 is 0. The molecule has 6 heteroatoms. The number of hydrogen-bond donors (Lipinski definition) is 1. The second-order valence-electron chi connectivity index (χ2n) is 7.08. The first-order chi connectivity index (χ1) is 12.0. The third kappa shape index (κ3) is 4.29. The number of benzene rings is 1. The van der Waals surface area contributed by atoms with Crippen LogP contribution in [0.5, 0.6) is 5.75 Å². The highest BCUT2D eigenvalue weighted by Gasteiger charge is 2.40. The average molecular weight is 356 g/mol. The van der Waals surface area contributed by atoms with Crippen molar-refractivity contribution in [2.45, 2.75) is 44.3 Å². The first kappa shape index (κ1) is 18.5. The summed E-state index contributed by atoms with van der Waals surface area (Å²) in [4.78, 5) is 2.25. The van der Waals surface area contributed by atoms with Crippen LogP contribution in [0.15, 0.2) is 18.2 Å². The molecule has 0 aromatic heterocycles. The molecule has 2 fully saturated rings. The van der Waals surface area contributed by atoms with E-state index in [-0.39, 0.29) is 11.8 Å². The van der Waals surface area contributed by atoms with Gasteiger partial charge in [0.1, 0.15) is 5.75 Å². The molecule has 0 bridgehead atoms. The highest BCUT2D eigenvalue weighted by Crippen LogP contribution is 2.44. The van der Waals surface area contributed by atoms with Gasteiger partial charge in [-0.15, -0.1) is 0 Å². The number of hydrogen-bond acceptors (Lipinski definition) is 3. The van der Waals surface area contributed by atoms with Crippen LogP contribution in [-0.2, 0) is 6.18 Å². The van der Waals surface area contributed by atoms with E-state index in [4.69, 9.17) is 4.74 Å². The molecular formula is C19H27F3N2O. The van der Waals surface area contributed by atoms with E-state index in [2.05, 4.69) is 10.2 Å². The monoisotopic (exact) mass is 356 g/mol. The largest absolute Gasteiger partial charge is 0.497 e. The highest BCUT2D eigenvalue weighted by atomic mass is 19.4. The molecule has 3 rings (SSSR count). The van der Waals surface area contributed by atoms with Crippen molar-refractivity contribution in [3.05, 3.63) is 29.3 Å². The Morgan fingerprint density at radius 2 is 1.80 bits per heavy atom. The maximum absolute atomic E-state index is 13.8. The second-order valence-corrected chi connectivity index (χ2v) is 7.08. The number of halogens is 3. The van der Waals surface area contributed by atoms with Gasteiger partial charge in [0.15, 0.2) is 0 Å². The Bertz CT molecular complexity index is 546. The summed E-state index contributed by atoms with van der Waals surface area (Å²) in [7, 11) is 1.41. The molecule has 1 heterocycles. The van der Waals surface area contributed by atoms with E-state index in [1.54, 1.807) is 12.1 Å². The third-order valence-corrected chi connectivity index (χ3v) is 5.53. The number of rotatable bonds is 4. The van der Waals surface area contributed by atoms with Crippen molar-refractivity contribution >= 4 is 0 Å². The Kier molecular flexibility index (Phi) is 5.89. The van der Waals surface area contributed by atoms with Crippen molar-refractivity contribution in [1.82, 2.24) is 10.2 Å². The maximum Gasteiger partial charge on any atom is 0.416 e. The highest BCUT2D eigenvalue weighted by molar-refractivity contribution is 5.40. The lowest BCUT2D eigenvalue weighted by molar-refractivity contribution is -0.139. The molecule has 140 valence electrons. The normalized spacial score (nSPS) is 21.9. The van der Waals surface area contributed by atoms with E-state index in [0.29, 0.717) is 11.5 Å². The van der Waals surface area contributed by atoms with E-state index >= 15 is 0 Å². The fourth-order valence-corrected chi connectivity index (χ4v) is 4.32. The van der Waals surface area contributed by atoms with Gasteiger partial charge in [-0.1, -0.05) is 25.3 Å². The van der Waals surface area contributed by atoms with Crippen LogP contribution in [-0.4, -0.2) is 38.2 Å². The zero-order valence-corrected chi connectivity index (χ0v) is 14.7. The molecule has 2 aliphatic rings. The molecule has 3 nitrogen and oxygen atoms in total. The molecule has 1 saturated heterocycles. The van der Waals surface area contributed by atoms with Crippen LogP contribution in [0.2, 0.25) is 0 Å². The molecule has 1 aliphatic carbocycles. The number of piperazine rings is 1. The summed E-state index contributed by atoms with van der Waals surface area (Å²) in [5, 5.41) is 3.30. The molecule has 1 saturated carbocycles. The molecule has 1 aromatic carbocycles. The van der Waals surface area contributed by atoms with Crippen molar-refractivity contribution in [1.29, 1.82) is 0 Å². The SMILES string of the molecule is COc1ccc([C@H](C2CCCCC2)N2CCNCC2)c(C(F)(F)F)c1. The molecule has 0 spiro atoms. The van der Waals surface area contributed by atoms with Gasteiger partial charge in [-0.25, -0.2) is 0 Å². The maximum atomic E-state index is 13.8. The fraction of sp³-hybridized carbons (Fsp3) is 0.684. The first-order valence-electron chi connectivity index (χ1n) is 9.20. The predicted octanol–water partition coefficient (Wildman–Crippen LogP) is 4.24. The summed E-state index contributed by atoms with van der Waals surface area (Å²) in [5.41, 5.74) is -0.122. The quantitative estimate of drug-likeness (QED) is 0.873. The van der Waals surface area contributed by atoms with Crippen molar-refractivity contribution < 1.29 is 17.9 Å². The minimum absolute atomic E-state index is 0.162. The van der Waals surface area contributed by atoms with Gasteiger partial charge >= 0.3 is 6.18 Å². The average Bonchev–Trinajstić information content (AvgIpc) is 2.63. The molecule has 1 aromatic rings. The number of methoxy groups -OCH3 is 1. The minimum atomic E-state index is -4.37. The Morgan fingerprint density at radius 1 is 1.12 bits per heavy atom. The molecule has 25 heavy (non-hydrogen) atoms. The predicted molar refractivity (Wildman–Crippen MR) is 91.8 cm³/mol. The van der Waals surface area contributed by atoms with Gasteiger partial charge in [0.05, 0.1) is 12.7 Å². The van der Waals surface area contributed by atoms with Crippen LogP contribution in [0.3, 0.4) is 0 Å². The zero-order chi connectivity index (χ0) is 17.9. The van der Waals surface area contributed by atoms with E-state index < -0.39 is 11.7 Å². The number of alkyl halides is 3. The number of ether oxygens (including phenoxy) is 1. The topological polar surface area (TPSA) is 24.5 Å². The Morgan fingerprint density at radius 3 is 2.40 bits per heavy atom. The van der Waals surface area contributed by atoms with Gasteiger partial charge in [0.25, 0.3) is 0 Å². The van der Waals surface area contributed by atoms with E-state index in [1.807, 2.05) is 0 Å². The second kappa shape index (κ2) is 7.96. The molecule has 1 atom stereocenters. The smallest absolute Gasteiger partial charge is 0.416 e. The number of nitrogens with one attached hydrogen (secondary N) is 1. The lowest BCUT2D eigenvalue weighted by Crippen LogP contribution is -2.47. The van der Waals surface area contributed by atoms with Crippen LogP contribution in [0, 0.1) is 5.92 Å². The minimum Gasteiger partial charge on any atom is -0.497 e. The molecule has 0 amide bonds. The summed E-state index contributed by atoms with van der Waals surface area (Å²) in [6, 6.07) is 4.31. The van der Waals surface area contributed by atoms with Gasteiger partial charge in [-0.3, -0.25) is 4.90 Å². The summed E-state index contributed by atoms with van der Waals surface area (Å²) in [6.45, 7) is 3.26. The van der Waals surface area contributed by atoms with Crippen molar-refractivity contribution in [3.8, 4) is 5.75 Å². The fourth-order valence-electron chi connectivity index (χ4n) is 4.32. The van der Waals surface area contributed by atoms with Crippen LogP contribution < -0.4 is 10.1 Å². The summed E-state index contributed by atoms with van der Waals surface area (Å²) in [6.07, 6.45) is 1.08. The number of nitrogens with zero attached hydrogens (tertiary/aromatic N) is 1. The van der Waals surface area contributed by atoms with Gasteiger partial charge in [-0.05, 0) is 36.5 Å². The van der Waals surface area contributed by atoms with Gasteiger partial charge in [-0.2, -0.15) is 13.2 Å². The van der Waals surface area contributed by atoms with Gasteiger partial charge in [0.2, 0.25) is 0 Å². The van der Waals surface area contributed by atoms with E-state index in [0.717, 1.165) is 57.9 Å². The standard InChI is InChI=1S/C19H27F3N2O/c1-25-15-7-8-16(17(13-15)19(20,21)22)18(14-5-3-2-4-6-14)24-11-9-23-10-12-24/h7-8,13-14,18,23H,2-6,9-12H2,1H3/t18-/m0/s1. The van der Waals surface area contributed by atoms with Crippen LogP contribution in [0.25, 0.3) is 0 Å². The molecule has 0 unspecified atom stereocenters. The van der Waals surface area contributed by atoms with Gasteiger partial charge in [0, 0.05) is 32.2 Å². The van der Waals surface area contributed by atoms with E-state index in [1.165, 1.54) is 13.5 Å². The molecule has 0 radical (unpaired) electrons. The molecule has 1 N–H and O–H groups in total. The lowest BCUT2D eigenvalue weighted by atomic mass is 9.79. The van der Waals surface area contributed by atoms with Crippen molar-refractivity contribution in [3.63, 3.8) is 0 Å². The Balaban J connectivity index is 2.02. The van der Waals surface area contributed by atoms with Crippen LogP contribution in [0.4, 0.5) is 13.2 Å². The van der Waals surface area contributed by atoms with Crippen molar-refractivity contribution in [2.24, 2.45) is 5.92 Å². The third-order valence-electron chi connectivity index (χ3n) is 5.53.